The van der Waals surface area contributed by atoms with Crippen molar-refractivity contribution in [1.82, 2.24) is 0 Å². The first kappa shape index (κ1) is 27.4. The molecule has 0 aliphatic rings. The highest BCUT2D eigenvalue weighted by Crippen LogP contribution is 2.15. The highest BCUT2D eigenvalue weighted by Gasteiger charge is 2.46. The van der Waals surface area contributed by atoms with Crippen LogP contribution in [0.15, 0.2) is 0 Å². The molecule has 1 unspecified atom stereocenters. The Morgan fingerprint density at radius 1 is 0.600 bits per heavy atom. The quantitative estimate of drug-likeness (QED) is 0.450. The van der Waals surface area contributed by atoms with Gasteiger partial charge in [-0.25, -0.2) is 0 Å². The summed E-state index contributed by atoms with van der Waals surface area (Å²) in [4.78, 5) is 0. The molecule has 0 aromatic rings. The first-order valence-electron chi connectivity index (χ1n) is 9.44. The summed E-state index contributed by atoms with van der Waals surface area (Å²) in [7, 11) is -4.87. The van der Waals surface area contributed by atoms with Crippen molar-refractivity contribution in [1.29, 1.82) is 0 Å². The first-order chi connectivity index (χ1) is 11.8. The van der Waals surface area contributed by atoms with Gasteiger partial charge in [0.2, 0.25) is 0 Å². The Morgan fingerprint density at radius 3 is 1.08 bits per heavy atom. The summed E-state index contributed by atoms with van der Waals surface area (Å²) in [6.07, 6.45) is 0.812. The fraction of sp³-hybridized carbons (Fsp3) is 1.00. The lowest BCUT2D eigenvalue weighted by atomic mass is 10.5. The molecule has 0 bridgehead atoms. The molecule has 0 amide bonds. The Morgan fingerprint density at radius 2 is 0.880 bits per heavy atom. The molecule has 0 aliphatic carbocycles. The number of hydrogen-bond donors (Lipinski definition) is 1. The van der Waals surface area contributed by atoms with Gasteiger partial charge in [-0.05, 0) is 48.0 Å². The van der Waals surface area contributed by atoms with Gasteiger partial charge in [-0.1, -0.05) is 6.92 Å². The van der Waals surface area contributed by atoms with Crippen molar-refractivity contribution in [2.75, 3.05) is 39.6 Å². The van der Waals surface area contributed by atoms with Crippen molar-refractivity contribution in [3.8, 4) is 0 Å². The SMILES string of the molecule is CCO[Si](C)(OCC)OCC.CCO[Si](OCC)(OCC)C(N)CC. The van der Waals surface area contributed by atoms with E-state index in [-0.39, 0.29) is 5.67 Å². The third-order valence-corrected chi connectivity index (χ3v) is 8.98. The van der Waals surface area contributed by atoms with E-state index >= 15 is 0 Å². The van der Waals surface area contributed by atoms with Gasteiger partial charge in [-0.15, -0.1) is 0 Å². The van der Waals surface area contributed by atoms with Gasteiger partial charge < -0.3 is 32.3 Å². The largest absolute Gasteiger partial charge is 0.518 e. The van der Waals surface area contributed by atoms with Gasteiger partial charge in [0.15, 0.2) is 0 Å². The van der Waals surface area contributed by atoms with E-state index in [1.165, 1.54) is 0 Å². The van der Waals surface area contributed by atoms with Crippen LogP contribution in [-0.2, 0) is 26.6 Å². The van der Waals surface area contributed by atoms with Crippen LogP contribution in [0, 0.1) is 0 Å². The highest BCUT2D eigenvalue weighted by molar-refractivity contribution is 6.62. The van der Waals surface area contributed by atoms with Crippen molar-refractivity contribution < 1.29 is 26.6 Å². The van der Waals surface area contributed by atoms with Crippen LogP contribution in [-0.4, -0.2) is 62.9 Å². The van der Waals surface area contributed by atoms with E-state index in [1.54, 1.807) is 0 Å². The predicted molar refractivity (Wildman–Crippen MR) is 105 cm³/mol. The van der Waals surface area contributed by atoms with E-state index in [0.29, 0.717) is 39.6 Å². The Labute approximate surface area is 157 Å². The lowest BCUT2D eigenvalue weighted by Crippen LogP contribution is -2.60. The standard InChI is InChI=1S/C9H23NO3Si.C7H18O3Si/c1-5-9(10)14(11-6-2,12-7-3)13-8-4;1-5-8-11(4,9-6-2)10-7-3/h9H,5-8,10H2,1-4H3;5-7H2,1-4H3. The van der Waals surface area contributed by atoms with Crippen molar-refractivity contribution >= 4 is 17.6 Å². The summed E-state index contributed by atoms with van der Waals surface area (Å²) >= 11 is 0. The van der Waals surface area contributed by atoms with Crippen molar-refractivity contribution in [3.63, 3.8) is 0 Å². The zero-order chi connectivity index (χ0) is 19.8. The molecule has 0 saturated carbocycles. The van der Waals surface area contributed by atoms with E-state index in [1.807, 2.05) is 55.0 Å². The summed E-state index contributed by atoms with van der Waals surface area (Å²) in [5, 5.41) is 0. The molecule has 0 fully saturated rings. The second kappa shape index (κ2) is 16.3. The maximum atomic E-state index is 6.00. The average Bonchev–Trinajstić information content (AvgIpc) is 2.56. The maximum absolute atomic E-state index is 6.00. The minimum Gasteiger partial charge on any atom is -0.374 e. The van der Waals surface area contributed by atoms with Gasteiger partial charge in [0.1, 0.15) is 0 Å². The molecule has 0 spiro atoms. The van der Waals surface area contributed by atoms with Crippen molar-refractivity contribution in [2.45, 2.75) is 67.1 Å². The molecule has 154 valence electrons. The number of rotatable bonds is 14. The Kier molecular flexibility index (Phi) is 17.9. The van der Waals surface area contributed by atoms with Crippen LogP contribution in [0.4, 0.5) is 0 Å². The summed E-state index contributed by atoms with van der Waals surface area (Å²) in [5.74, 6) is 0. The van der Waals surface area contributed by atoms with E-state index in [9.17, 15) is 0 Å². The van der Waals surface area contributed by atoms with Crippen LogP contribution in [0.2, 0.25) is 6.55 Å². The van der Waals surface area contributed by atoms with Gasteiger partial charge in [0, 0.05) is 46.2 Å². The van der Waals surface area contributed by atoms with Gasteiger partial charge in [0.05, 0.1) is 5.67 Å². The van der Waals surface area contributed by atoms with Crippen LogP contribution in [0.5, 0.6) is 0 Å². The zero-order valence-corrected chi connectivity index (χ0v) is 19.6. The van der Waals surface area contributed by atoms with Crippen molar-refractivity contribution in [3.05, 3.63) is 0 Å². The first-order valence-corrected chi connectivity index (χ1v) is 13.5. The zero-order valence-electron chi connectivity index (χ0n) is 17.6. The molecule has 2 N–H and O–H groups in total. The van der Waals surface area contributed by atoms with Crippen LogP contribution < -0.4 is 5.73 Å². The average molecular weight is 400 g/mol. The molecule has 0 aliphatic heterocycles. The molecule has 0 rings (SSSR count). The molecule has 9 heteroatoms. The summed E-state index contributed by atoms with van der Waals surface area (Å²) in [6.45, 7) is 19.3. The molecule has 0 aromatic heterocycles. The fourth-order valence-electron chi connectivity index (χ4n) is 2.21. The molecular weight excluding hydrogens is 358 g/mol. The second-order valence-electron chi connectivity index (χ2n) is 5.08. The van der Waals surface area contributed by atoms with Crippen LogP contribution in [0.1, 0.15) is 54.9 Å². The molecule has 1 atom stereocenters. The van der Waals surface area contributed by atoms with Crippen molar-refractivity contribution in [2.24, 2.45) is 5.73 Å². The van der Waals surface area contributed by atoms with E-state index < -0.39 is 17.6 Å². The molecule has 0 radical (unpaired) electrons. The third-order valence-electron chi connectivity index (χ3n) is 3.15. The monoisotopic (exact) mass is 399 g/mol. The third kappa shape index (κ3) is 11.5. The molecule has 0 aromatic carbocycles. The van der Waals surface area contributed by atoms with E-state index in [4.69, 9.17) is 32.3 Å². The predicted octanol–water partition coefficient (Wildman–Crippen LogP) is 2.98. The summed E-state index contributed by atoms with van der Waals surface area (Å²) < 4.78 is 33.1. The summed E-state index contributed by atoms with van der Waals surface area (Å²) in [6, 6.07) is 0. The smallest absolute Gasteiger partial charge is 0.374 e. The lowest BCUT2D eigenvalue weighted by Gasteiger charge is -2.32. The second-order valence-corrected chi connectivity index (χ2v) is 10.5. The molecule has 25 heavy (non-hydrogen) atoms. The topological polar surface area (TPSA) is 81.4 Å². The minimum absolute atomic E-state index is 0.123. The minimum atomic E-state index is -2.62. The molecule has 0 saturated heterocycles. The molecule has 7 nitrogen and oxygen atoms in total. The van der Waals surface area contributed by atoms with Crippen LogP contribution >= 0.6 is 0 Å². The normalized spacial score (nSPS) is 13.3. The Bertz CT molecular complexity index is 266. The van der Waals surface area contributed by atoms with Gasteiger partial charge in [0.25, 0.3) is 0 Å². The fourth-order valence-corrected chi connectivity index (χ4v) is 6.63. The summed E-state index contributed by atoms with van der Waals surface area (Å²) in [5.41, 5.74) is 5.87. The molecule has 0 heterocycles. The van der Waals surface area contributed by atoms with Gasteiger partial charge >= 0.3 is 17.6 Å². The van der Waals surface area contributed by atoms with Crippen LogP contribution in [0.3, 0.4) is 0 Å². The lowest BCUT2D eigenvalue weighted by molar-refractivity contribution is 0.0618. The van der Waals surface area contributed by atoms with E-state index in [0.717, 1.165) is 6.42 Å². The number of nitrogens with two attached hydrogens (primary N) is 1. The van der Waals surface area contributed by atoms with Gasteiger partial charge in [-0.3, -0.25) is 0 Å². The molecular formula is C16H41NO6Si2. The Balaban J connectivity index is 0. The Hall–Kier alpha value is 0.154. The number of hydrogen-bond acceptors (Lipinski definition) is 7. The van der Waals surface area contributed by atoms with E-state index in [2.05, 4.69) is 0 Å². The van der Waals surface area contributed by atoms with Crippen LogP contribution in [0.25, 0.3) is 0 Å². The highest BCUT2D eigenvalue weighted by atomic mass is 28.4. The maximum Gasteiger partial charge on any atom is 0.518 e. The van der Waals surface area contributed by atoms with Gasteiger partial charge in [-0.2, -0.15) is 0 Å².